The summed E-state index contributed by atoms with van der Waals surface area (Å²) >= 11 is 0. The third-order valence-electron chi connectivity index (χ3n) is 4.08. The largest absolute Gasteiger partial charge is 0.472 e. The van der Waals surface area contributed by atoms with Gasteiger partial charge in [-0.2, -0.15) is 0 Å². The van der Waals surface area contributed by atoms with Crippen LogP contribution < -0.4 is 5.73 Å². The smallest absolute Gasteiger partial charge is 0.462 e. The topological polar surface area (TPSA) is 178 Å². The van der Waals surface area contributed by atoms with Gasteiger partial charge >= 0.3 is 19.8 Å². The van der Waals surface area contributed by atoms with Crippen LogP contribution in [0.25, 0.3) is 0 Å². The van der Waals surface area contributed by atoms with E-state index in [0.29, 0.717) is 6.42 Å². The fourth-order valence-electron chi connectivity index (χ4n) is 1.57. The highest BCUT2D eigenvalue weighted by molar-refractivity contribution is 7.47. The van der Waals surface area contributed by atoms with E-state index in [1.54, 1.807) is 13.8 Å². The molecule has 0 radical (unpaired) electrons. The Bertz CT molecular complexity index is 535. The first-order valence-corrected chi connectivity index (χ1v) is 13.9. The number of hydrogen-bond acceptors (Lipinski definition) is 11. The number of carbonyl (C=O) groups is 2. The predicted octanol–water partition coefficient (Wildman–Crippen LogP) is 2.48. The standard InChI is InChI=1S/C10H19O8P.C6H15N.C4H10O2.C3H9N/c1-4-9(11)16-6-8(18-10(12)5-2)7-17-19(13,14)15-3;1-4-6-7(3)5-2;1-2-4(6)3-5;1-2-3-4/h8H,4-7H2,1-3H3,(H,13,14);4-6H2,1-3H3;4-6H,2-3H2,1H3;2-4H2,1H3. The van der Waals surface area contributed by atoms with Crippen LogP contribution in [0.4, 0.5) is 0 Å². The van der Waals surface area contributed by atoms with E-state index in [4.69, 9.17) is 30.3 Å². The Morgan fingerprint density at radius 2 is 1.53 bits per heavy atom. The van der Waals surface area contributed by atoms with E-state index >= 15 is 0 Å². The normalized spacial score (nSPS) is 13.4. The Balaban J connectivity index is -0.000000244. The molecule has 0 aliphatic heterocycles. The van der Waals surface area contributed by atoms with Gasteiger partial charge in [0.05, 0.1) is 19.3 Å². The van der Waals surface area contributed by atoms with Gasteiger partial charge in [-0.1, -0.05) is 41.5 Å². The van der Waals surface area contributed by atoms with Crippen LogP contribution in [0.5, 0.6) is 0 Å². The Kier molecular flexibility index (Phi) is 35.1. The molecule has 3 unspecified atom stereocenters. The van der Waals surface area contributed by atoms with Gasteiger partial charge in [-0.3, -0.25) is 18.6 Å². The van der Waals surface area contributed by atoms with Crippen molar-refractivity contribution in [1.29, 1.82) is 0 Å². The van der Waals surface area contributed by atoms with E-state index in [1.807, 2.05) is 6.92 Å². The molecule has 0 aromatic carbocycles. The molecule has 0 amide bonds. The number of hydrogen-bond donors (Lipinski definition) is 4. The van der Waals surface area contributed by atoms with Gasteiger partial charge in [0.2, 0.25) is 0 Å². The van der Waals surface area contributed by atoms with E-state index in [9.17, 15) is 14.2 Å². The highest BCUT2D eigenvalue weighted by Crippen LogP contribution is 2.42. The van der Waals surface area contributed by atoms with Crippen molar-refractivity contribution in [1.82, 2.24) is 4.90 Å². The summed E-state index contributed by atoms with van der Waals surface area (Å²) in [5, 5.41) is 16.5. The van der Waals surface area contributed by atoms with Gasteiger partial charge in [0.1, 0.15) is 6.61 Å². The fraction of sp³-hybridized carbons (Fsp3) is 0.913. The number of phosphoric acid groups is 1. The van der Waals surface area contributed by atoms with Crippen molar-refractivity contribution in [2.75, 3.05) is 53.6 Å². The molecule has 5 N–H and O–H groups in total. The molecule has 0 saturated heterocycles. The molecule has 13 heteroatoms. The number of ether oxygens (including phenoxy) is 2. The van der Waals surface area contributed by atoms with Gasteiger partial charge in [-0.25, -0.2) is 4.57 Å². The highest BCUT2D eigenvalue weighted by Gasteiger charge is 2.24. The molecular weight excluding hydrogens is 495 g/mol. The third-order valence-corrected chi connectivity index (χ3v) is 5.01. The summed E-state index contributed by atoms with van der Waals surface area (Å²) in [4.78, 5) is 33.5. The van der Waals surface area contributed by atoms with Crippen LogP contribution in [0.15, 0.2) is 0 Å². The Hall–Kier alpha value is -1.11. The molecule has 0 bridgehead atoms. The maximum absolute atomic E-state index is 11.1. The molecule has 0 fully saturated rings. The van der Waals surface area contributed by atoms with Crippen LogP contribution in [0.1, 0.15) is 73.6 Å². The summed E-state index contributed by atoms with van der Waals surface area (Å²) in [6.07, 6.45) is 1.83. The van der Waals surface area contributed by atoms with E-state index in [-0.39, 0.29) is 26.1 Å². The summed E-state index contributed by atoms with van der Waals surface area (Å²) < 4.78 is 29.6. The number of carbonyl (C=O) groups excluding carboxylic acids is 2. The minimum atomic E-state index is -4.17. The Morgan fingerprint density at radius 1 is 1.00 bits per heavy atom. The quantitative estimate of drug-likeness (QED) is 0.174. The van der Waals surface area contributed by atoms with E-state index in [0.717, 1.165) is 20.1 Å². The second-order valence-corrected chi connectivity index (χ2v) is 8.94. The monoisotopic (exact) mass is 548 g/mol. The van der Waals surface area contributed by atoms with Gasteiger partial charge in [0.15, 0.2) is 6.10 Å². The van der Waals surface area contributed by atoms with Crippen molar-refractivity contribution < 1.29 is 47.8 Å². The number of aliphatic hydroxyl groups is 2. The molecule has 36 heavy (non-hydrogen) atoms. The van der Waals surface area contributed by atoms with Crippen LogP contribution in [-0.2, 0) is 32.7 Å². The lowest BCUT2D eigenvalue weighted by atomic mass is 10.3. The maximum Gasteiger partial charge on any atom is 0.472 e. The maximum atomic E-state index is 11.1. The number of nitrogens with two attached hydrogens (primary N) is 1. The van der Waals surface area contributed by atoms with Crippen LogP contribution >= 0.6 is 7.82 Å². The molecule has 0 aliphatic carbocycles. The van der Waals surface area contributed by atoms with Crippen molar-refractivity contribution in [3.63, 3.8) is 0 Å². The lowest BCUT2D eigenvalue weighted by molar-refractivity contribution is -0.160. The minimum Gasteiger partial charge on any atom is -0.462 e. The summed E-state index contributed by atoms with van der Waals surface area (Å²) in [5.74, 6) is -1.01. The first-order valence-electron chi connectivity index (χ1n) is 12.4. The van der Waals surface area contributed by atoms with E-state index in [1.165, 1.54) is 19.5 Å². The van der Waals surface area contributed by atoms with Crippen molar-refractivity contribution in [3.05, 3.63) is 0 Å². The molecular formula is C23H53N2O10P. The predicted molar refractivity (Wildman–Crippen MR) is 140 cm³/mol. The zero-order valence-corrected chi connectivity index (χ0v) is 24.5. The number of esters is 2. The Labute approximate surface area is 218 Å². The average molecular weight is 549 g/mol. The van der Waals surface area contributed by atoms with Crippen molar-refractivity contribution in [3.8, 4) is 0 Å². The van der Waals surface area contributed by atoms with Crippen molar-refractivity contribution in [2.24, 2.45) is 5.73 Å². The van der Waals surface area contributed by atoms with Crippen LogP contribution in [0.2, 0.25) is 0 Å². The SMILES string of the molecule is CCC(=O)OCC(COP(=O)(O)OC)OC(=O)CC.CCC(O)CO.CCCN.CCCN(C)CC. The van der Waals surface area contributed by atoms with Gasteiger partial charge in [-0.05, 0) is 45.9 Å². The zero-order chi connectivity index (χ0) is 29.0. The van der Waals surface area contributed by atoms with Gasteiger partial charge in [0.25, 0.3) is 0 Å². The molecule has 0 spiro atoms. The summed E-state index contributed by atoms with van der Waals surface area (Å²) in [6.45, 7) is 13.9. The van der Waals surface area contributed by atoms with Crippen LogP contribution in [-0.4, -0.2) is 97.8 Å². The molecule has 3 atom stereocenters. The molecule has 0 saturated carbocycles. The Morgan fingerprint density at radius 3 is 1.81 bits per heavy atom. The second-order valence-electron chi connectivity index (χ2n) is 7.38. The van der Waals surface area contributed by atoms with Gasteiger partial charge < -0.3 is 35.2 Å². The second kappa shape index (κ2) is 30.1. The highest BCUT2D eigenvalue weighted by atomic mass is 31.2. The first kappa shape index (κ1) is 42.0. The lowest BCUT2D eigenvalue weighted by Gasteiger charge is -2.18. The molecule has 0 heterocycles. The zero-order valence-electron chi connectivity index (χ0n) is 23.6. The molecule has 220 valence electrons. The lowest BCUT2D eigenvalue weighted by Crippen LogP contribution is -2.29. The number of aliphatic hydroxyl groups excluding tert-OH is 2. The molecule has 0 aromatic rings. The van der Waals surface area contributed by atoms with Crippen LogP contribution in [0.3, 0.4) is 0 Å². The van der Waals surface area contributed by atoms with E-state index in [2.05, 4.69) is 41.8 Å². The number of nitrogens with zero attached hydrogens (tertiary/aromatic N) is 1. The fourth-order valence-corrected chi connectivity index (χ4v) is 2.03. The summed E-state index contributed by atoms with van der Waals surface area (Å²) in [7, 11) is -1.02. The number of phosphoric ester groups is 1. The molecule has 12 nitrogen and oxygen atoms in total. The van der Waals surface area contributed by atoms with E-state index < -0.39 is 38.6 Å². The minimum absolute atomic E-state index is 0.115. The molecule has 0 aromatic heterocycles. The molecule has 0 rings (SSSR count). The summed E-state index contributed by atoms with van der Waals surface area (Å²) in [5.41, 5.74) is 5.03. The number of rotatable bonds is 15. The van der Waals surface area contributed by atoms with Gasteiger partial charge in [0, 0.05) is 20.0 Å². The average Bonchev–Trinajstić information content (AvgIpc) is 2.90. The first-order chi connectivity index (χ1) is 16.9. The van der Waals surface area contributed by atoms with Crippen molar-refractivity contribution >= 4 is 19.8 Å². The van der Waals surface area contributed by atoms with Crippen molar-refractivity contribution in [2.45, 2.75) is 85.9 Å². The van der Waals surface area contributed by atoms with Crippen LogP contribution in [0, 0.1) is 0 Å². The molecule has 0 aliphatic rings. The summed E-state index contributed by atoms with van der Waals surface area (Å²) in [6, 6.07) is 0. The third kappa shape index (κ3) is 35.1. The van der Waals surface area contributed by atoms with Gasteiger partial charge in [-0.15, -0.1) is 0 Å².